The highest BCUT2D eigenvalue weighted by molar-refractivity contribution is 7.89. The van der Waals surface area contributed by atoms with Crippen molar-refractivity contribution in [1.29, 1.82) is 0 Å². The first-order valence-electron chi connectivity index (χ1n) is 10.0. The van der Waals surface area contributed by atoms with Crippen LogP contribution >= 0.6 is 0 Å². The number of hydrogen-bond donors (Lipinski definition) is 0. The van der Waals surface area contributed by atoms with E-state index >= 15 is 0 Å². The molecule has 1 atom stereocenters. The third-order valence-electron chi connectivity index (χ3n) is 5.51. The zero-order valence-corrected chi connectivity index (χ0v) is 18.4. The molecule has 4 rings (SSSR count). The van der Waals surface area contributed by atoms with E-state index in [0.29, 0.717) is 18.8 Å². The number of aromatic nitrogens is 5. The van der Waals surface area contributed by atoms with Gasteiger partial charge in [-0.05, 0) is 32.8 Å². The van der Waals surface area contributed by atoms with Crippen LogP contribution in [0.15, 0.2) is 29.4 Å². The van der Waals surface area contributed by atoms with Crippen LogP contribution in [-0.4, -0.2) is 43.6 Å². The second-order valence-electron chi connectivity index (χ2n) is 8.63. The van der Waals surface area contributed by atoms with E-state index in [4.69, 9.17) is 5.10 Å². The zero-order chi connectivity index (χ0) is 21.0. The first-order valence-corrected chi connectivity index (χ1v) is 11.5. The second-order valence-corrected chi connectivity index (χ2v) is 10.5. The topological polar surface area (TPSA) is 85.4 Å². The summed E-state index contributed by atoms with van der Waals surface area (Å²) in [5.41, 5.74) is 2.95. The fourth-order valence-electron chi connectivity index (χ4n) is 3.90. The molecule has 0 N–H and O–H groups in total. The molecule has 8 nitrogen and oxygen atoms in total. The normalized spacial score (nSPS) is 18.7. The van der Waals surface area contributed by atoms with Gasteiger partial charge in [0.15, 0.2) is 5.65 Å². The largest absolute Gasteiger partial charge is 0.271 e. The Morgan fingerprint density at radius 3 is 2.66 bits per heavy atom. The molecule has 0 amide bonds. The third-order valence-corrected chi connectivity index (χ3v) is 7.52. The molecule has 1 fully saturated rings. The molecule has 29 heavy (non-hydrogen) atoms. The summed E-state index contributed by atoms with van der Waals surface area (Å²) in [6.45, 7) is 11.1. The van der Waals surface area contributed by atoms with E-state index in [2.05, 4.69) is 30.9 Å². The third kappa shape index (κ3) is 3.36. The molecule has 156 valence electrons. The molecule has 0 aromatic carbocycles. The van der Waals surface area contributed by atoms with Gasteiger partial charge in [-0.25, -0.2) is 17.9 Å². The minimum absolute atomic E-state index is 0.113. The fourth-order valence-corrected chi connectivity index (χ4v) is 5.74. The second kappa shape index (κ2) is 6.91. The smallest absolute Gasteiger partial charge is 0.247 e. The molecule has 0 bridgehead atoms. The molecule has 0 saturated carbocycles. The predicted molar refractivity (Wildman–Crippen MR) is 110 cm³/mol. The maximum absolute atomic E-state index is 13.5. The number of aryl methyl sites for hydroxylation is 2. The van der Waals surface area contributed by atoms with Crippen molar-refractivity contribution in [2.24, 2.45) is 0 Å². The number of rotatable bonds is 4. The van der Waals surface area contributed by atoms with Crippen LogP contribution in [0.2, 0.25) is 0 Å². The Morgan fingerprint density at radius 1 is 1.24 bits per heavy atom. The van der Waals surface area contributed by atoms with Gasteiger partial charge in [0.2, 0.25) is 10.0 Å². The standard InChI is InChI=1S/C20H28N6O2S/c1-6-24-13-17(14(2)22-24)29(27,28)25-11-7-8-15(25)16-9-10-21-19-12-18(20(3,4)5)23-26(16)19/h9-10,12-13,15H,6-8,11H2,1-5H3/t15-/m1/s1. The molecular weight excluding hydrogens is 388 g/mol. The highest BCUT2D eigenvalue weighted by Crippen LogP contribution is 2.37. The summed E-state index contributed by atoms with van der Waals surface area (Å²) in [5.74, 6) is 0. The van der Waals surface area contributed by atoms with Crippen LogP contribution in [0.5, 0.6) is 0 Å². The van der Waals surface area contributed by atoms with Crippen molar-refractivity contribution in [3.05, 3.63) is 41.6 Å². The molecule has 1 saturated heterocycles. The van der Waals surface area contributed by atoms with Crippen molar-refractivity contribution in [3.8, 4) is 0 Å². The van der Waals surface area contributed by atoms with Gasteiger partial charge in [0.1, 0.15) is 4.90 Å². The average Bonchev–Trinajstić information content (AvgIpc) is 3.38. The van der Waals surface area contributed by atoms with Gasteiger partial charge in [-0.15, -0.1) is 0 Å². The lowest BCUT2D eigenvalue weighted by Crippen LogP contribution is -2.32. The van der Waals surface area contributed by atoms with Crippen LogP contribution in [-0.2, 0) is 22.0 Å². The van der Waals surface area contributed by atoms with Gasteiger partial charge < -0.3 is 0 Å². The van der Waals surface area contributed by atoms with Gasteiger partial charge in [-0.1, -0.05) is 20.8 Å². The highest BCUT2D eigenvalue weighted by atomic mass is 32.2. The number of fused-ring (bicyclic) bond motifs is 1. The minimum Gasteiger partial charge on any atom is -0.271 e. The van der Waals surface area contributed by atoms with E-state index in [9.17, 15) is 8.42 Å². The first-order chi connectivity index (χ1) is 13.6. The van der Waals surface area contributed by atoms with Gasteiger partial charge in [-0.3, -0.25) is 4.68 Å². The molecular formula is C20H28N6O2S. The van der Waals surface area contributed by atoms with E-state index in [1.165, 1.54) is 0 Å². The van der Waals surface area contributed by atoms with Crippen molar-refractivity contribution >= 4 is 15.7 Å². The fraction of sp³-hybridized carbons (Fsp3) is 0.550. The lowest BCUT2D eigenvalue weighted by atomic mass is 9.93. The highest BCUT2D eigenvalue weighted by Gasteiger charge is 2.39. The summed E-state index contributed by atoms with van der Waals surface area (Å²) in [4.78, 5) is 4.73. The SMILES string of the molecule is CCn1cc(S(=O)(=O)N2CCC[C@@H]2c2ccnc3cc(C(C)(C)C)nn23)c(C)n1. The van der Waals surface area contributed by atoms with Crippen molar-refractivity contribution in [3.63, 3.8) is 0 Å². The summed E-state index contributed by atoms with van der Waals surface area (Å²) < 4.78 is 32.1. The molecule has 3 aromatic rings. The Balaban J connectivity index is 1.79. The van der Waals surface area contributed by atoms with Crippen LogP contribution in [0.3, 0.4) is 0 Å². The Kier molecular flexibility index (Phi) is 4.77. The van der Waals surface area contributed by atoms with E-state index in [0.717, 1.165) is 29.9 Å². The average molecular weight is 417 g/mol. The summed E-state index contributed by atoms with van der Waals surface area (Å²) in [7, 11) is -3.66. The van der Waals surface area contributed by atoms with Crippen LogP contribution in [0.25, 0.3) is 5.65 Å². The number of sulfonamides is 1. The first kappa shape index (κ1) is 20.0. The van der Waals surface area contributed by atoms with Crippen LogP contribution < -0.4 is 0 Å². The van der Waals surface area contributed by atoms with E-state index in [1.54, 1.807) is 32.8 Å². The Morgan fingerprint density at radius 2 is 2.00 bits per heavy atom. The van der Waals surface area contributed by atoms with E-state index in [-0.39, 0.29) is 16.4 Å². The van der Waals surface area contributed by atoms with E-state index in [1.807, 2.05) is 19.1 Å². The van der Waals surface area contributed by atoms with Crippen molar-refractivity contribution in [2.75, 3.05) is 6.54 Å². The van der Waals surface area contributed by atoms with Gasteiger partial charge in [0, 0.05) is 37.0 Å². The summed E-state index contributed by atoms with van der Waals surface area (Å²) >= 11 is 0. The maximum Gasteiger partial charge on any atom is 0.247 e. The summed E-state index contributed by atoms with van der Waals surface area (Å²) in [6.07, 6.45) is 4.93. The van der Waals surface area contributed by atoms with E-state index < -0.39 is 10.0 Å². The Bertz CT molecular complexity index is 1160. The Labute approximate surface area is 171 Å². The van der Waals surface area contributed by atoms with Crippen molar-refractivity contribution in [2.45, 2.75) is 70.4 Å². The maximum atomic E-state index is 13.5. The molecule has 1 aliphatic rings. The van der Waals surface area contributed by atoms with Crippen molar-refractivity contribution in [1.82, 2.24) is 28.7 Å². The van der Waals surface area contributed by atoms with Gasteiger partial charge >= 0.3 is 0 Å². The Hall–Kier alpha value is -2.26. The lowest BCUT2D eigenvalue weighted by Gasteiger charge is -2.24. The number of nitrogens with zero attached hydrogens (tertiary/aromatic N) is 6. The summed E-state index contributed by atoms with van der Waals surface area (Å²) in [5, 5.41) is 9.10. The molecule has 3 aromatic heterocycles. The molecule has 4 heterocycles. The van der Waals surface area contributed by atoms with Crippen LogP contribution in [0.1, 0.15) is 63.7 Å². The zero-order valence-electron chi connectivity index (χ0n) is 17.6. The van der Waals surface area contributed by atoms with Crippen LogP contribution in [0, 0.1) is 6.92 Å². The molecule has 9 heteroatoms. The molecule has 0 unspecified atom stereocenters. The minimum atomic E-state index is -3.66. The molecule has 0 radical (unpaired) electrons. The molecule has 0 aliphatic carbocycles. The van der Waals surface area contributed by atoms with Gasteiger partial charge in [0.25, 0.3) is 0 Å². The number of hydrogen-bond acceptors (Lipinski definition) is 5. The van der Waals surface area contributed by atoms with Crippen LogP contribution in [0.4, 0.5) is 0 Å². The quantitative estimate of drug-likeness (QED) is 0.652. The van der Waals surface area contributed by atoms with Crippen molar-refractivity contribution < 1.29 is 8.42 Å². The van der Waals surface area contributed by atoms with Gasteiger partial charge in [-0.2, -0.15) is 14.5 Å². The van der Waals surface area contributed by atoms with Gasteiger partial charge in [0.05, 0.1) is 23.1 Å². The predicted octanol–water partition coefficient (Wildman–Crippen LogP) is 3.08. The monoisotopic (exact) mass is 416 g/mol. The summed E-state index contributed by atoms with van der Waals surface area (Å²) in [6, 6.07) is 3.59. The molecule has 1 aliphatic heterocycles. The molecule has 0 spiro atoms. The lowest BCUT2D eigenvalue weighted by molar-refractivity contribution is 0.384.